The van der Waals surface area contributed by atoms with Crippen molar-refractivity contribution in [2.45, 2.75) is 71.8 Å². The van der Waals surface area contributed by atoms with Gasteiger partial charge >= 0.3 is 0 Å². The van der Waals surface area contributed by atoms with Gasteiger partial charge in [0.2, 0.25) is 10.4 Å². The molecule has 0 atom stereocenters. The summed E-state index contributed by atoms with van der Waals surface area (Å²) in [5.41, 5.74) is 0. The van der Waals surface area contributed by atoms with Gasteiger partial charge in [0.1, 0.15) is 12.4 Å². The Bertz CT molecular complexity index is 490. The molecular formula is C15H30N2O4S. The molecular weight excluding hydrogens is 304 g/mol. The summed E-state index contributed by atoms with van der Waals surface area (Å²) in [6.07, 6.45) is 15.5. The lowest BCUT2D eigenvalue weighted by atomic mass is 10.1. The van der Waals surface area contributed by atoms with Crippen LogP contribution in [0.5, 0.6) is 0 Å². The van der Waals surface area contributed by atoms with Crippen LogP contribution in [-0.4, -0.2) is 22.1 Å². The summed E-state index contributed by atoms with van der Waals surface area (Å²) in [6.45, 7) is 5.64. The molecule has 7 heteroatoms. The molecule has 0 amide bonds. The van der Waals surface area contributed by atoms with Gasteiger partial charge in [-0.3, -0.25) is 4.55 Å². The molecule has 0 saturated heterocycles. The summed E-state index contributed by atoms with van der Waals surface area (Å²) >= 11 is 0. The van der Waals surface area contributed by atoms with Crippen LogP contribution in [0.3, 0.4) is 0 Å². The van der Waals surface area contributed by atoms with Crippen molar-refractivity contribution in [2.75, 3.05) is 0 Å². The number of nitrogens with zero attached hydrogens (tertiary/aromatic N) is 2. The van der Waals surface area contributed by atoms with Crippen molar-refractivity contribution in [3.05, 3.63) is 18.2 Å². The topological polar surface area (TPSA) is 86.2 Å². The van der Waals surface area contributed by atoms with Crippen LogP contribution < -0.4 is 4.57 Å². The molecule has 0 aliphatic heterocycles. The molecule has 1 N–H and O–H groups in total. The highest BCUT2D eigenvalue weighted by Gasteiger charge is 2.07. The lowest BCUT2D eigenvalue weighted by Crippen LogP contribution is -2.29. The summed E-state index contributed by atoms with van der Waals surface area (Å²) in [5.74, 6) is 1.35. The van der Waals surface area contributed by atoms with E-state index < -0.39 is 10.4 Å². The number of rotatable bonds is 9. The molecule has 0 radical (unpaired) electrons. The van der Waals surface area contributed by atoms with E-state index in [1.165, 1.54) is 63.7 Å². The fraction of sp³-hybridized carbons (Fsp3) is 0.800. The van der Waals surface area contributed by atoms with Gasteiger partial charge in [0.25, 0.3) is 5.82 Å². The van der Waals surface area contributed by atoms with Gasteiger partial charge in [-0.25, -0.2) is 17.6 Å². The third kappa shape index (κ3) is 12.8. The first-order chi connectivity index (χ1) is 10.3. The zero-order valence-corrected chi connectivity index (χ0v) is 14.8. The molecule has 0 saturated carbocycles. The Morgan fingerprint density at radius 1 is 1.14 bits per heavy atom. The number of imidazole rings is 1. The Hall–Kier alpha value is -0.920. The highest BCUT2D eigenvalue weighted by Crippen LogP contribution is 2.09. The summed E-state index contributed by atoms with van der Waals surface area (Å²) < 4.78 is 37.4. The molecule has 1 aromatic rings. The minimum atomic E-state index is -4.92. The van der Waals surface area contributed by atoms with Gasteiger partial charge in [-0.1, -0.05) is 45.4 Å². The summed E-state index contributed by atoms with van der Waals surface area (Å²) in [5, 5.41) is 0. The van der Waals surface area contributed by atoms with Gasteiger partial charge in [0.05, 0.1) is 13.6 Å². The molecule has 0 bridgehead atoms. The van der Waals surface area contributed by atoms with Crippen LogP contribution in [0.15, 0.2) is 12.4 Å². The van der Waals surface area contributed by atoms with Gasteiger partial charge in [0, 0.05) is 6.92 Å². The van der Waals surface area contributed by atoms with Crippen molar-refractivity contribution in [3.8, 4) is 0 Å². The quantitative estimate of drug-likeness (QED) is 0.325. The second-order valence-electron chi connectivity index (χ2n) is 5.55. The molecule has 0 unspecified atom stereocenters. The Kier molecular flexibility index (Phi) is 11.1. The zero-order chi connectivity index (χ0) is 17.0. The number of hydrogen-bond donors (Lipinski definition) is 1. The van der Waals surface area contributed by atoms with E-state index in [1.807, 2.05) is 0 Å². The smallest absolute Gasteiger partial charge is 0.253 e. The van der Waals surface area contributed by atoms with Crippen LogP contribution in [0, 0.1) is 6.92 Å². The molecule has 6 nitrogen and oxygen atoms in total. The Morgan fingerprint density at radius 3 is 2.00 bits per heavy atom. The fourth-order valence-corrected chi connectivity index (χ4v) is 2.25. The van der Waals surface area contributed by atoms with Gasteiger partial charge in [-0.2, -0.15) is 0 Å². The molecule has 1 rings (SSSR count). The zero-order valence-electron chi connectivity index (χ0n) is 14.0. The maximum atomic E-state index is 8.63. The van der Waals surface area contributed by atoms with E-state index in [1.54, 1.807) is 0 Å². The molecule has 1 heterocycles. The Morgan fingerprint density at radius 2 is 1.59 bits per heavy atom. The molecule has 1 aromatic heterocycles. The van der Waals surface area contributed by atoms with Gasteiger partial charge in [-0.05, 0) is 12.8 Å². The lowest BCUT2D eigenvalue weighted by molar-refractivity contribution is -0.677. The number of unbranched alkanes of at least 4 members (excludes halogenated alkanes) is 7. The SMILES string of the molecule is CCCCCCCCCCn1cc[n+](C)c1C.O=S(=O)([O-])O. The molecule has 0 spiro atoms. The van der Waals surface area contributed by atoms with Crippen LogP contribution in [0.25, 0.3) is 0 Å². The molecule has 0 aromatic carbocycles. The first-order valence-corrected chi connectivity index (χ1v) is 9.32. The fourth-order valence-electron chi connectivity index (χ4n) is 2.25. The Labute approximate surface area is 134 Å². The minimum absolute atomic E-state index is 1.18. The standard InChI is InChI=1S/C15H29N2.H2O4S/c1-4-5-6-7-8-9-10-11-12-17-14-13-16(3)15(17)2;1-5(2,3)4/h13-14H,4-12H2,1-3H3;(H2,1,2,3,4)/q+1;/p-1. The van der Waals surface area contributed by atoms with Gasteiger partial charge in [0.15, 0.2) is 0 Å². The van der Waals surface area contributed by atoms with E-state index in [4.69, 9.17) is 17.5 Å². The van der Waals surface area contributed by atoms with E-state index in [9.17, 15) is 0 Å². The van der Waals surface area contributed by atoms with Crippen LogP contribution in [-0.2, 0) is 24.0 Å². The normalized spacial score (nSPS) is 11.1. The van der Waals surface area contributed by atoms with E-state index >= 15 is 0 Å². The lowest BCUT2D eigenvalue weighted by Gasteiger charge is -2.01. The second-order valence-corrected chi connectivity index (χ2v) is 6.41. The highest BCUT2D eigenvalue weighted by molar-refractivity contribution is 7.79. The molecule has 22 heavy (non-hydrogen) atoms. The average Bonchev–Trinajstić information content (AvgIpc) is 2.72. The largest absolute Gasteiger partial charge is 0.726 e. The average molecular weight is 334 g/mol. The number of aromatic nitrogens is 2. The van der Waals surface area contributed by atoms with Crippen molar-refractivity contribution in [2.24, 2.45) is 7.05 Å². The second kappa shape index (κ2) is 11.6. The Balaban J connectivity index is 0.000000763. The van der Waals surface area contributed by atoms with Crippen molar-refractivity contribution >= 4 is 10.4 Å². The van der Waals surface area contributed by atoms with Gasteiger partial charge < -0.3 is 4.55 Å². The van der Waals surface area contributed by atoms with Crippen LogP contribution in [0.2, 0.25) is 0 Å². The van der Waals surface area contributed by atoms with E-state index in [0.717, 1.165) is 0 Å². The highest BCUT2D eigenvalue weighted by atomic mass is 32.3. The first-order valence-electron chi connectivity index (χ1n) is 7.95. The number of hydrogen-bond acceptors (Lipinski definition) is 3. The van der Waals surface area contributed by atoms with E-state index in [-0.39, 0.29) is 0 Å². The van der Waals surface area contributed by atoms with E-state index in [2.05, 4.69) is 42.4 Å². The third-order valence-electron chi connectivity index (χ3n) is 3.65. The molecule has 130 valence electrons. The monoisotopic (exact) mass is 334 g/mol. The predicted octanol–water partition coefficient (Wildman–Crippen LogP) is 2.77. The third-order valence-corrected chi connectivity index (χ3v) is 3.65. The van der Waals surface area contributed by atoms with Crippen molar-refractivity contribution in [1.29, 1.82) is 0 Å². The van der Waals surface area contributed by atoms with Crippen LogP contribution in [0.4, 0.5) is 0 Å². The molecule has 0 aliphatic carbocycles. The van der Waals surface area contributed by atoms with Crippen molar-refractivity contribution < 1.29 is 22.1 Å². The first kappa shape index (κ1) is 21.1. The van der Waals surface area contributed by atoms with Crippen molar-refractivity contribution in [3.63, 3.8) is 0 Å². The molecule has 0 fully saturated rings. The predicted molar refractivity (Wildman–Crippen MR) is 85.3 cm³/mol. The summed E-state index contributed by atoms with van der Waals surface area (Å²) in [4.78, 5) is 0. The van der Waals surface area contributed by atoms with Crippen LogP contribution in [0.1, 0.15) is 64.1 Å². The number of aryl methyl sites for hydroxylation is 2. The van der Waals surface area contributed by atoms with Crippen molar-refractivity contribution in [1.82, 2.24) is 4.57 Å². The van der Waals surface area contributed by atoms with Crippen LogP contribution >= 0.6 is 0 Å². The summed E-state index contributed by atoms with van der Waals surface area (Å²) in [7, 11) is -2.81. The minimum Gasteiger partial charge on any atom is -0.726 e. The maximum Gasteiger partial charge on any atom is 0.253 e. The molecule has 0 aliphatic rings. The van der Waals surface area contributed by atoms with E-state index in [0.29, 0.717) is 0 Å². The van der Waals surface area contributed by atoms with Gasteiger partial charge in [-0.15, -0.1) is 0 Å². The maximum absolute atomic E-state index is 8.63. The summed E-state index contributed by atoms with van der Waals surface area (Å²) in [6, 6.07) is 0.